The molecule has 7 heteroatoms. The van der Waals surface area contributed by atoms with Gasteiger partial charge in [-0.15, -0.1) is 0 Å². The van der Waals surface area contributed by atoms with Crippen LogP contribution in [0.4, 0.5) is 0 Å². The minimum Gasteiger partial charge on any atom is -0.508 e. The van der Waals surface area contributed by atoms with Gasteiger partial charge >= 0.3 is 0 Å². The van der Waals surface area contributed by atoms with Crippen LogP contribution in [0.25, 0.3) is 0 Å². The highest BCUT2D eigenvalue weighted by Gasteiger charge is 2.30. The molecule has 2 unspecified atom stereocenters. The van der Waals surface area contributed by atoms with E-state index in [1.807, 2.05) is 0 Å². The fourth-order valence-electron chi connectivity index (χ4n) is 2.20. The van der Waals surface area contributed by atoms with Crippen LogP contribution in [0, 0.1) is 0 Å². The number of aromatic hydroxyl groups is 1. The molecule has 6 nitrogen and oxygen atoms in total. The minimum atomic E-state index is -3.01. The Morgan fingerprint density at radius 3 is 2.60 bits per heavy atom. The lowest BCUT2D eigenvalue weighted by Crippen LogP contribution is -2.46. The van der Waals surface area contributed by atoms with E-state index in [4.69, 9.17) is 5.73 Å². The Hall–Kier alpha value is -1.60. The number of carbonyl (C=O) groups is 1. The smallest absolute Gasteiger partial charge is 0.237 e. The zero-order valence-corrected chi connectivity index (χ0v) is 11.8. The Labute approximate surface area is 117 Å². The standard InChI is InChI=1S/C13H18N2O4S/c14-12(7-9-1-3-11(16)4-2-9)13(17)15-10-5-6-20(18,19)8-10/h1-4,10,12,16H,5-8,14H2,(H,15,17). The van der Waals surface area contributed by atoms with E-state index in [1.54, 1.807) is 12.1 Å². The molecule has 0 bridgehead atoms. The molecule has 2 atom stereocenters. The van der Waals surface area contributed by atoms with E-state index in [0.29, 0.717) is 12.8 Å². The average molecular weight is 298 g/mol. The summed E-state index contributed by atoms with van der Waals surface area (Å²) in [6, 6.07) is 5.39. The highest BCUT2D eigenvalue weighted by Crippen LogP contribution is 2.13. The number of rotatable bonds is 4. The topological polar surface area (TPSA) is 109 Å². The van der Waals surface area contributed by atoms with Gasteiger partial charge in [-0.2, -0.15) is 0 Å². The maximum atomic E-state index is 11.9. The van der Waals surface area contributed by atoms with Crippen molar-refractivity contribution < 1.29 is 18.3 Å². The van der Waals surface area contributed by atoms with Gasteiger partial charge in [-0.25, -0.2) is 8.42 Å². The van der Waals surface area contributed by atoms with E-state index >= 15 is 0 Å². The van der Waals surface area contributed by atoms with Crippen LogP contribution in [0.3, 0.4) is 0 Å². The molecule has 0 spiro atoms. The van der Waals surface area contributed by atoms with Gasteiger partial charge < -0.3 is 16.2 Å². The lowest BCUT2D eigenvalue weighted by molar-refractivity contribution is -0.122. The first-order chi connectivity index (χ1) is 9.35. The van der Waals surface area contributed by atoms with Crippen molar-refractivity contribution in [2.24, 2.45) is 5.73 Å². The summed E-state index contributed by atoms with van der Waals surface area (Å²) in [5, 5.41) is 11.8. The Kier molecular flexibility index (Phi) is 4.29. The van der Waals surface area contributed by atoms with Crippen molar-refractivity contribution >= 4 is 15.7 Å². The maximum absolute atomic E-state index is 11.9. The molecule has 1 fully saturated rings. The summed E-state index contributed by atoms with van der Waals surface area (Å²) in [4.78, 5) is 11.9. The van der Waals surface area contributed by atoms with Crippen LogP contribution in [0.2, 0.25) is 0 Å². The van der Waals surface area contributed by atoms with Crippen LogP contribution < -0.4 is 11.1 Å². The molecule has 0 radical (unpaired) electrons. The van der Waals surface area contributed by atoms with Gasteiger partial charge in [0.15, 0.2) is 9.84 Å². The lowest BCUT2D eigenvalue weighted by Gasteiger charge is -2.16. The van der Waals surface area contributed by atoms with Gasteiger partial charge in [0.1, 0.15) is 5.75 Å². The molecule has 1 aromatic rings. The summed E-state index contributed by atoms with van der Waals surface area (Å²) < 4.78 is 22.6. The Bertz CT molecular complexity index is 583. The Balaban J connectivity index is 1.88. The van der Waals surface area contributed by atoms with E-state index in [2.05, 4.69) is 5.32 Å². The molecule has 2 rings (SSSR count). The zero-order valence-electron chi connectivity index (χ0n) is 11.0. The molecule has 0 saturated carbocycles. The van der Waals surface area contributed by atoms with Crippen molar-refractivity contribution in [2.45, 2.75) is 24.9 Å². The van der Waals surface area contributed by atoms with Crippen molar-refractivity contribution in [1.29, 1.82) is 0 Å². The number of phenolic OH excluding ortho intramolecular Hbond substituents is 1. The number of hydrogen-bond donors (Lipinski definition) is 3. The van der Waals surface area contributed by atoms with Crippen LogP contribution in [-0.4, -0.2) is 43.0 Å². The SMILES string of the molecule is NC(Cc1ccc(O)cc1)C(=O)NC1CCS(=O)(=O)C1. The summed E-state index contributed by atoms with van der Waals surface area (Å²) in [7, 11) is -3.01. The zero-order chi connectivity index (χ0) is 14.8. The Morgan fingerprint density at radius 1 is 1.40 bits per heavy atom. The molecule has 4 N–H and O–H groups in total. The van der Waals surface area contributed by atoms with E-state index in [-0.39, 0.29) is 29.2 Å². The van der Waals surface area contributed by atoms with E-state index in [9.17, 15) is 18.3 Å². The van der Waals surface area contributed by atoms with Crippen LogP contribution in [-0.2, 0) is 21.1 Å². The van der Waals surface area contributed by atoms with Gasteiger partial charge in [0.2, 0.25) is 5.91 Å². The first-order valence-electron chi connectivity index (χ1n) is 6.40. The minimum absolute atomic E-state index is 0.00926. The molecule has 1 aromatic carbocycles. The molecule has 1 saturated heterocycles. The van der Waals surface area contributed by atoms with Gasteiger partial charge in [-0.3, -0.25) is 4.79 Å². The lowest BCUT2D eigenvalue weighted by atomic mass is 10.1. The number of amides is 1. The van der Waals surface area contributed by atoms with Crippen molar-refractivity contribution in [3.05, 3.63) is 29.8 Å². The summed E-state index contributed by atoms with van der Waals surface area (Å²) in [5.41, 5.74) is 6.65. The third-order valence-electron chi connectivity index (χ3n) is 3.31. The van der Waals surface area contributed by atoms with Crippen molar-refractivity contribution in [3.63, 3.8) is 0 Å². The number of nitrogens with one attached hydrogen (secondary N) is 1. The quantitative estimate of drug-likeness (QED) is 0.698. The summed E-state index contributed by atoms with van der Waals surface area (Å²) in [5.74, 6) is -0.0846. The van der Waals surface area contributed by atoms with E-state index < -0.39 is 15.9 Å². The van der Waals surface area contributed by atoms with Gasteiger partial charge in [0, 0.05) is 6.04 Å². The predicted molar refractivity (Wildman–Crippen MR) is 75.0 cm³/mol. The predicted octanol–water partition coefficient (Wildman–Crippen LogP) is -0.435. The molecule has 1 heterocycles. The average Bonchev–Trinajstić information content (AvgIpc) is 2.71. The second kappa shape index (κ2) is 5.80. The van der Waals surface area contributed by atoms with Crippen LogP contribution in [0.15, 0.2) is 24.3 Å². The number of sulfone groups is 1. The van der Waals surface area contributed by atoms with E-state index in [1.165, 1.54) is 12.1 Å². The molecule has 0 aromatic heterocycles. The van der Waals surface area contributed by atoms with Crippen LogP contribution in [0.5, 0.6) is 5.75 Å². The number of phenols is 1. The highest BCUT2D eigenvalue weighted by atomic mass is 32.2. The highest BCUT2D eigenvalue weighted by molar-refractivity contribution is 7.91. The molecule has 1 aliphatic rings. The van der Waals surface area contributed by atoms with Gasteiger partial charge in [-0.05, 0) is 30.5 Å². The summed E-state index contributed by atoms with van der Waals surface area (Å²) in [6.45, 7) is 0. The second-order valence-corrected chi connectivity index (χ2v) is 7.31. The van der Waals surface area contributed by atoms with E-state index in [0.717, 1.165) is 5.56 Å². The summed E-state index contributed by atoms with van der Waals surface area (Å²) >= 11 is 0. The fraction of sp³-hybridized carbons (Fsp3) is 0.462. The second-order valence-electron chi connectivity index (χ2n) is 5.09. The van der Waals surface area contributed by atoms with Crippen LogP contribution >= 0.6 is 0 Å². The fourth-order valence-corrected chi connectivity index (χ4v) is 3.87. The third kappa shape index (κ3) is 3.94. The number of hydrogen-bond acceptors (Lipinski definition) is 5. The monoisotopic (exact) mass is 298 g/mol. The first-order valence-corrected chi connectivity index (χ1v) is 8.22. The van der Waals surface area contributed by atoms with Crippen molar-refractivity contribution in [3.8, 4) is 5.75 Å². The largest absolute Gasteiger partial charge is 0.508 e. The molecule has 1 aliphatic heterocycles. The Morgan fingerprint density at radius 2 is 2.05 bits per heavy atom. The number of nitrogens with two attached hydrogens (primary N) is 1. The molecule has 110 valence electrons. The molecule has 20 heavy (non-hydrogen) atoms. The molecule has 1 amide bonds. The molecular formula is C13H18N2O4S. The number of benzene rings is 1. The van der Waals surface area contributed by atoms with Gasteiger partial charge in [-0.1, -0.05) is 12.1 Å². The number of carbonyl (C=O) groups excluding carboxylic acids is 1. The maximum Gasteiger partial charge on any atom is 0.237 e. The van der Waals surface area contributed by atoms with Gasteiger partial charge in [0.25, 0.3) is 0 Å². The van der Waals surface area contributed by atoms with Crippen molar-refractivity contribution in [1.82, 2.24) is 5.32 Å². The third-order valence-corrected chi connectivity index (χ3v) is 5.08. The van der Waals surface area contributed by atoms with Gasteiger partial charge in [0.05, 0.1) is 17.5 Å². The first kappa shape index (κ1) is 14.8. The normalized spacial score (nSPS) is 22.4. The summed E-state index contributed by atoms with van der Waals surface area (Å²) in [6.07, 6.45) is 0.783. The van der Waals surface area contributed by atoms with Crippen LogP contribution in [0.1, 0.15) is 12.0 Å². The molecular weight excluding hydrogens is 280 g/mol. The molecule has 0 aliphatic carbocycles. The van der Waals surface area contributed by atoms with Crippen molar-refractivity contribution in [2.75, 3.05) is 11.5 Å².